The molecule has 0 unspecified atom stereocenters. The Hall–Kier alpha value is -7.89. The first-order chi connectivity index (χ1) is 31.3. The fourth-order valence-corrected chi connectivity index (χ4v) is 13.4. The van der Waals surface area contributed by atoms with Gasteiger partial charge in [-0.3, -0.25) is 0 Å². The quantitative estimate of drug-likeness (QED) is 0.125. The summed E-state index contributed by atoms with van der Waals surface area (Å²) in [6, 6.07) is 66.4. The summed E-state index contributed by atoms with van der Waals surface area (Å²) in [6.07, 6.45) is 0. The zero-order valence-corrected chi connectivity index (χ0v) is 33.8. The lowest BCUT2D eigenvalue weighted by atomic mass is 9.25. The number of para-hydroxylation sites is 4. The molecule has 0 aliphatic carbocycles. The summed E-state index contributed by atoms with van der Waals surface area (Å²) in [7, 11) is 0. The first-order valence-electron chi connectivity index (χ1n) is 22.2. The van der Waals surface area contributed by atoms with Crippen molar-refractivity contribution in [2.75, 3.05) is 9.80 Å². The summed E-state index contributed by atoms with van der Waals surface area (Å²) in [4.78, 5) is 16.3. The molecule has 7 heteroatoms. The minimum Gasteiger partial charge on any atom is -0.312 e. The molecule has 6 aliphatic heterocycles. The van der Waals surface area contributed by atoms with E-state index in [4.69, 9.17) is 9.97 Å². The third kappa shape index (κ3) is 3.53. The fourth-order valence-electron chi connectivity index (χ4n) is 13.4. The van der Waals surface area contributed by atoms with Gasteiger partial charge in [0.15, 0.2) is 0 Å². The van der Waals surface area contributed by atoms with Crippen molar-refractivity contribution in [2.24, 2.45) is 0 Å². The van der Waals surface area contributed by atoms with Gasteiger partial charge in [0.25, 0.3) is 6.71 Å². The van der Waals surface area contributed by atoms with Crippen LogP contribution in [0.4, 0.5) is 34.1 Å². The van der Waals surface area contributed by atoms with E-state index in [2.05, 4.69) is 186 Å². The van der Waals surface area contributed by atoms with Gasteiger partial charge in [0.2, 0.25) is 13.4 Å². The predicted molar refractivity (Wildman–Crippen MR) is 266 cm³/mol. The summed E-state index contributed by atoms with van der Waals surface area (Å²) < 4.78 is 0. The molecular formula is C56H29B3N4. The Morgan fingerprint density at radius 1 is 0.317 bits per heavy atom. The van der Waals surface area contributed by atoms with Gasteiger partial charge in [-0.2, -0.15) is 0 Å². The molecule has 9 aromatic carbocycles. The van der Waals surface area contributed by atoms with Crippen LogP contribution in [0.5, 0.6) is 0 Å². The molecule has 6 aliphatic rings. The highest BCUT2D eigenvalue weighted by Crippen LogP contribution is 2.49. The Morgan fingerprint density at radius 3 is 1.24 bits per heavy atom. The van der Waals surface area contributed by atoms with Crippen molar-refractivity contribution in [2.45, 2.75) is 0 Å². The number of anilines is 6. The number of fused-ring (bicyclic) bond motifs is 20. The van der Waals surface area contributed by atoms with E-state index in [0.717, 1.165) is 22.4 Å². The lowest BCUT2D eigenvalue weighted by Crippen LogP contribution is -2.72. The molecule has 17 rings (SSSR count). The van der Waals surface area contributed by atoms with Crippen LogP contribution in [0.1, 0.15) is 0 Å². The molecule has 2 aromatic heterocycles. The smallest absolute Gasteiger partial charge is 0.252 e. The van der Waals surface area contributed by atoms with Crippen molar-refractivity contribution < 1.29 is 0 Å². The van der Waals surface area contributed by atoms with Crippen molar-refractivity contribution in [3.05, 3.63) is 176 Å². The molecule has 0 radical (unpaired) electrons. The fraction of sp³-hybridized carbons (Fsp3) is 0. The van der Waals surface area contributed by atoms with Gasteiger partial charge in [0.05, 0.1) is 22.4 Å². The van der Waals surface area contributed by atoms with Crippen molar-refractivity contribution in [3.8, 4) is 22.5 Å². The van der Waals surface area contributed by atoms with Gasteiger partial charge in [-0.15, -0.1) is 0 Å². The maximum absolute atomic E-state index is 5.52. The highest BCUT2D eigenvalue weighted by Gasteiger charge is 2.54. The molecule has 0 saturated carbocycles. The van der Waals surface area contributed by atoms with E-state index in [1.807, 2.05) is 0 Å². The molecule has 0 N–H and O–H groups in total. The molecule has 0 amide bonds. The van der Waals surface area contributed by atoms with E-state index in [9.17, 15) is 0 Å². The predicted octanol–water partition coefficient (Wildman–Crippen LogP) is 6.79. The average molecular weight is 790 g/mol. The summed E-state index contributed by atoms with van der Waals surface area (Å²) in [5.41, 5.74) is 26.7. The van der Waals surface area contributed by atoms with Crippen LogP contribution in [0, 0.1) is 0 Å². The lowest BCUT2D eigenvalue weighted by Gasteiger charge is -2.51. The van der Waals surface area contributed by atoms with E-state index < -0.39 is 0 Å². The number of hydrogen-bond donors (Lipinski definition) is 0. The maximum Gasteiger partial charge on any atom is 0.252 e. The molecule has 0 fully saturated rings. The van der Waals surface area contributed by atoms with E-state index in [-0.39, 0.29) is 20.1 Å². The van der Waals surface area contributed by atoms with E-state index in [0.29, 0.717) is 0 Å². The van der Waals surface area contributed by atoms with Crippen LogP contribution in [0.15, 0.2) is 176 Å². The highest BCUT2D eigenvalue weighted by molar-refractivity contribution is 7.08. The van der Waals surface area contributed by atoms with Crippen LogP contribution >= 0.6 is 0 Å². The molecule has 0 bridgehead atoms. The molecule has 4 nitrogen and oxygen atoms in total. The van der Waals surface area contributed by atoms with Gasteiger partial charge in [0.1, 0.15) is 0 Å². The van der Waals surface area contributed by atoms with Crippen molar-refractivity contribution in [3.63, 3.8) is 0 Å². The SMILES string of the molecule is c1ccc2c(c1)B1c3cc4c5c6c3N(c3ccccc3B6c3ccccc3N5c3ccc5c6c(nc7ccccc75)-c5ccccc5B4c36)c3ccc4c(c-2nc2ccccc24)c31. The Kier molecular flexibility index (Phi) is 5.45. The number of nitrogens with zero attached hydrogens (tertiary/aromatic N) is 4. The van der Waals surface area contributed by atoms with Crippen LogP contribution < -0.4 is 59.0 Å². The minimum atomic E-state index is 0.00798. The zero-order chi connectivity index (χ0) is 40.4. The summed E-state index contributed by atoms with van der Waals surface area (Å²) in [6.45, 7) is 0.0693. The lowest BCUT2D eigenvalue weighted by molar-refractivity contribution is 1.27. The maximum atomic E-state index is 5.52. The number of benzene rings is 9. The van der Waals surface area contributed by atoms with Gasteiger partial charge >= 0.3 is 0 Å². The van der Waals surface area contributed by atoms with E-state index in [1.165, 1.54) is 127 Å². The zero-order valence-electron chi connectivity index (χ0n) is 33.8. The summed E-state index contributed by atoms with van der Waals surface area (Å²) in [5.74, 6) is 0. The van der Waals surface area contributed by atoms with Crippen LogP contribution in [-0.2, 0) is 0 Å². The third-order valence-corrected chi connectivity index (χ3v) is 15.6. The number of aromatic nitrogens is 2. The molecule has 8 heterocycles. The number of pyridine rings is 2. The van der Waals surface area contributed by atoms with Gasteiger partial charge in [-0.25, -0.2) is 9.97 Å². The number of hydrogen-bond acceptors (Lipinski definition) is 4. The molecule has 0 spiro atoms. The third-order valence-electron chi connectivity index (χ3n) is 15.6. The Morgan fingerprint density at radius 2 is 0.730 bits per heavy atom. The second kappa shape index (κ2) is 10.8. The molecule has 282 valence electrons. The molecule has 11 aromatic rings. The van der Waals surface area contributed by atoms with Crippen molar-refractivity contribution in [1.29, 1.82) is 0 Å². The number of rotatable bonds is 0. The average Bonchev–Trinajstić information content (AvgIpc) is 3.35. The Labute approximate surface area is 363 Å². The molecule has 0 saturated heterocycles. The standard InChI is InChI=1S/C56H29B3N4/c1-5-17-36-34(15-1)53-48-32(30-13-3-9-21-42(30)60-53)25-27-46-50(48)57(36)40-29-41-56-52-55(40)62(46)44-23-11-7-19-38(44)59(52)39-20-8-12-24-45(39)63(56)47-28-26-33-31-14-4-10-22-43(31)61-54-35-16-2-6-18-37(35)58(41)51(47)49(33)54/h1-29H. The van der Waals surface area contributed by atoms with Crippen molar-refractivity contribution in [1.82, 2.24) is 9.97 Å². The highest BCUT2D eigenvalue weighted by atomic mass is 15.2. The van der Waals surface area contributed by atoms with Crippen LogP contribution in [0.3, 0.4) is 0 Å². The van der Waals surface area contributed by atoms with Crippen molar-refractivity contribution >= 4 is 147 Å². The molecule has 0 atom stereocenters. The van der Waals surface area contributed by atoms with Gasteiger partial charge in [-0.1, -0.05) is 150 Å². The topological polar surface area (TPSA) is 32.3 Å². The first-order valence-corrected chi connectivity index (χ1v) is 22.2. The second-order valence-corrected chi connectivity index (χ2v) is 18.2. The Bertz CT molecular complexity index is 3790. The van der Waals surface area contributed by atoms with Crippen LogP contribution in [0.2, 0.25) is 0 Å². The second-order valence-electron chi connectivity index (χ2n) is 18.2. The van der Waals surface area contributed by atoms with Gasteiger partial charge in [0, 0.05) is 55.7 Å². The normalized spacial score (nSPS) is 14.5. The van der Waals surface area contributed by atoms with Gasteiger partial charge < -0.3 is 9.80 Å². The molecular weight excluding hydrogens is 761 g/mol. The van der Waals surface area contributed by atoms with Gasteiger partial charge in [-0.05, 0) is 96.5 Å². The van der Waals surface area contributed by atoms with Crippen LogP contribution in [-0.4, -0.2) is 30.1 Å². The summed E-state index contributed by atoms with van der Waals surface area (Å²) in [5, 5.41) is 7.51. The largest absolute Gasteiger partial charge is 0.312 e. The van der Waals surface area contributed by atoms with E-state index in [1.54, 1.807) is 0 Å². The first kappa shape index (κ1) is 31.9. The minimum absolute atomic E-state index is 0.00798. The van der Waals surface area contributed by atoms with E-state index >= 15 is 0 Å². The monoisotopic (exact) mass is 790 g/mol. The van der Waals surface area contributed by atoms with Crippen LogP contribution in [0.25, 0.3) is 65.9 Å². The summed E-state index contributed by atoms with van der Waals surface area (Å²) >= 11 is 0. The Balaban J connectivity index is 1.09. The molecule has 63 heavy (non-hydrogen) atoms.